The van der Waals surface area contributed by atoms with Crippen molar-refractivity contribution in [2.45, 2.75) is 26.3 Å². The van der Waals surface area contributed by atoms with Crippen LogP contribution in [0.2, 0.25) is 10.0 Å². The molecule has 0 aliphatic carbocycles. The standard InChI is InChI=1S/C14H16Cl2N2O2/c1-8(2)13-14(20)18(7-6-11(19)17-13)10-5-3-4-9(15)12(10)16/h3-5,8,13H,6-7H2,1-2H3,(H,17,19). The van der Waals surface area contributed by atoms with Gasteiger partial charge in [-0.25, -0.2) is 0 Å². The quantitative estimate of drug-likeness (QED) is 0.912. The number of anilines is 1. The lowest BCUT2D eigenvalue weighted by Gasteiger charge is -2.27. The molecule has 6 heteroatoms. The molecular formula is C14H16Cl2N2O2. The molecule has 1 aliphatic rings. The van der Waals surface area contributed by atoms with Gasteiger partial charge in [0, 0.05) is 13.0 Å². The number of carbonyl (C=O) groups is 2. The summed E-state index contributed by atoms with van der Waals surface area (Å²) in [6.45, 7) is 4.09. The van der Waals surface area contributed by atoms with E-state index in [1.54, 1.807) is 18.2 Å². The van der Waals surface area contributed by atoms with Crippen LogP contribution in [-0.4, -0.2) is 24.4 Å². The Labute approximate surface area is 128 Å². The molecule has 1 aromatic rings. The lowest BCUT2D eigenvalue weighted by atomic mass is 10.0. The van der Waals surface area contributed by atoms with Gasteiger partial charge < -0.3 is 10.2 Å². The number of nitrogens with zero attached hydrogens (tertiary/aromatic N) is 1. The molecule has 1 heterocycles. The normalized spacial score (nSPS) is 20.1. The zero-order valence-corrected chi connectivity index (χ0v) is 12.8. The molecule has 1 saturated heterocycles. The Bertz CT molecular complexity index is 546. The van der Waals surface area contributed by atoms with Crippen molar-refractivity contribution in [3.8, 4) is 0 Å². The second-order valence-electron chi connectivity index (χ2n) is 5.10. The largest absolute Gasteiger partial charge is 0.344 e. The van der Waals surface area contributed by atoms with E-state index in [0.717, 1.165) is 0 Å². The number of carbonyl (C=O) groups excluding carboxylic acids is 2. The minimum absolute atomic E-state index is 0.00464. The van der Waals surface area contributed by atoms with Crippen LogP contribution in [0, 0.1) is 5.92 Å². The van der Waals surface area contributed by atoms with Crippen LogP contribution in [-0.2, 0) is 9.59 Å². The van der Waals surface area contributed by atoms with Crippen molar-refractivity contribution in [2.24, 2.45) is 5.92 Å². The van der Waals surface area contributed by atoms with Crippen LogP contribution in [0.1, 0.15) is 20.3 Å². The molecule has 2 rings (SSSR count). The van der Waals surface area contributed by atoms with Crippen molar-refractivity contribution in [2.75, 3.05) is 11.4 Å². The van der Waals surface area contributed by atoms with Gasteiger partial charge in [-0.2, -0.15) is 0 Å². The first-order chi connectivity index (χ1) is 9.41. The summed E-state index contributed by atoms with van der Waals surface area (Å²) in [4.78, 5) is 25.9. The fourth-order valence-corrected chi connectivity index (χ4v) is 2.59. The molecule has 0 radical (unpaired) electrons. The van der Waals surface area contributed by atoms with Gasteiger partial charge in [-0.05, 0) is 18.1 Å². The van der Waals surface area contributed by atoms with Crippen molar-refractivity contribution >= 4 is 40.7 Å². The predicted molar refractivity (Wildman–Crippen MR) is 80.2 cm³/mol. The summed E-state index contributed by atoms with van der Waals surface area (Å²) in [7, 11) is 0. The van der Waals surface area contributed by atoms with Crippen molar-refractivity contribution in [3.05, 3.63) is 28.2 Å². The lowest BCUT2D eigenvalue weighted by molar-refractivity contribution is -0.126. The first-order valence-corrected chi connectivity index (χ1v) is 7.22. The second-order valence-corrected chi connectivity index (χ2v) is 5.89. The Hall–Kier alpha value is -1.26. The van der Waals surface area contributed by atoms with Crippen LogP contribution >= 0.6 is 23.2 Å². The molecule has 0 aromatic heterocycles. The number of benzene rings is 1. The molecule has 1 N–H and O–H groups in total. The van der Waals surface area contributed by atoms with E-state index in [9.17, 15) is 9.59 Å². The summed E-state index contributed by atoms with van der Waals surface area (Å²) in [5, 5.41) is 3.48. The molecule has 0 spiro atoms. The van der Waals surface area contributed by atoms with Gasteiger partial charge in [-0.1, -0.05) is 43.1 Å². The van der Waals surface area contributed by atoms with Gasteiger partial charge in [-0.3, -0.25) is 9.59 Å². The molecule has 1 atom stereocenters. The first kappa shape index (κ1) is 15.1. The molecule has 1 aromatic carbocycles. The highest BCUT2D eigenvalue weighted by molar-refractivity contribution is 6.44. The van der Waals surface area contributed by atoms with E-state index in [0.29, 0.717) is 22.3 Å². The van der Waals surface area contributed by atoms with Crippen LogP contribution in [0.5, 0.6) is 0 Å². The fourth-order valence-electron chi connectivity index (χ4n) is 2.19. The minimum Gasteiger partial charge on any atom is -0.344 e. The van der Waals surface area contributed by atoms with Crippen LogP contribution in [0.15, 0.2) is 18.2 Å². The van der Waals surface area contributed by atoms with E-state index in [1.807, 2.05) is 13.8 Å². The summed E-state index contributed by atoms with van der Waals surface area (Å²) in [6, 6.07) is 4.60. The van der Waals surface area contributed by atoms with Gasteiger partial charge in [0.1, 0.15) is 6.04 Å². The summed E-state index contributed by atoms with van der Waals surface area (Å²) < 4.78 is 0. The van der Waals surface area contributed by atoms with E-state index in [-0.39, 0.29) is 24.2 Å². The van der Waals surface area contributed by atoms with Crippen LogP contribution in [0.25, 0.3) is 0 Å². The third kappa shape index (κ3) is 2.91. The highest BCUT2D eigenvalue weighted by Gasteiger charge is 2.33. The van der Waals surface area contributed by atoms with Gasteiger partial charge in [0.25, 0.3) is 0 Å². The topological polar surface area (TPSA) is 49.4 Å². The number of rotatable bonds is 2. The summed E-state index contributed by atoms with van der Waals surface area (Å²) in [6.07, 6.45) is 0.248. The van der Waals surface area contributed by atoms with Crippen molar-refractivity contribution in [1.29, 1.82) is 0 Å². The lowest BCUT2D eigenvalue weighted by Crippen LogP contribution is -2.47. The maximum Gasteiger partial charge on any atom is 0.249 e. The average Bonchev–Trinajstić information content (AvgIpc) is 2.53. The van der Waals surface area contributed by atoms with E-state index in [2.05, 4.69) is 5.32 Å². The van der Waals surface area contributed by atoms with Crippen molar-refractivity contribution in [1.82, 2.24) is 5.32 Å². The third-order valence-electron chi connectivity index (χ3n) is 3.30. The Morgan fingerprint density at radius 2 is 2.00 bits per heavy atom. The van der Waals surface area contributed by atoms with Crippen LogP contribution < -0.4 is 10.2 Å². The molecule has 20 heavy (non-hydrogen) atoms. The number of amides is 2. The molecular weight excluding hydrogens is 299 g/mol. The van der Waals surface area contributed by atoms with Gasteiger partial charge in [0.15, 0.2) is 0 Å². The highest BCUT2D eigenvalue weighted by Crippen LogP contribution is 2.33. The third-order valence-corrected chi connectivity index (χ3v) is 4.11. The van der Waals surface area contributed by atoms with E-state index < -0.39 is 6.04 Å². The molecule has 108 valence electrons. The molecule has 1 fully saturated rings. The smallest absolute Gasteiger partial charge is 0.249 e. The molecule has 0 bridgehead atoms. The molecule has 1 aliphatic heterocycles. The summed E-state index contributed by atoms with van der Waals surface area (Å²) in [5.74, 6) is -0.280. The Morgan fingerprint density at radius 1 is 1.30 bits per heavy atom. The molecule has 0 saturated carbocycles. The average molecular weight is 315 g/mol. The SMILES string of the molecule is CC(C)C1NC(=O)CCN(c2cccc(Cl)c2Cl)C1=O. The molecule has 1 unspecified atom stereocenters. The summed E-state index contributed by atoms with van der Waals surface area (Å²) in [5.41, 5.74) is 0.548. The van der Waals surface area contributed by atoms with Gasteiger partial charge in [0.05, 0.1) is 15.7 Å². The maximum absolute atomic E-state index is 12.6. The van der Waals surface area contributed by atoms with E-state index in [1.165, 1.54) is 4.90 Å². The fraction of sp³-hybridized carbons (Fsp3) is 0.429. The first-order valence-electron chi connectivity index (χ1n) is 6.46. The Balaban J connectivity index is 2.41. The minimum atomic E-state index is -0.542. The van der Waals surface area contributed by atoms with Crippen molar-refractivity contribution < 1.29 is 9.59 Å². The monoisotopic (exact) mass is 314 g/mol. The molecule has 4 nitrogen and oxygen atoms in total. The van der Waals surface area contributed by atoms with E-state index >= 15 is 0 Å². The summed E-state index contributed by atoms with van der Waals surface area (Å²) >= 11 is 12.2. The second kappa shape index (κ2) is 6.02. The van der Waals surface area contributed by atoms with Gasteiger partial charge >= 0.3 is 0 Å². The number of hydrogen-bond donors (Lipinski definition) is 1. The zero-order chi connectivity index (χ0) is 14.9. The van der Waals surface area contributed by atoms with Crippen molar-refractivity contribution in [3.63, 3.8) is 0 Å². The number of hydrogen-bond acceptors (Lipinski definition) is 2. The van der Waals surface area contributed by atoms with Gasteiger partial charge in [0.2, 0.25) is 11.8 Å². The van der Waals surface area contributed by atoms with Crippen LogP contribution in [0.4, 0.5) is 5.69 Å². The number of halogens is 2. The molecule has 2 amide bonds. The van der Waals surface area contributed by atoms with E-state index in [4.69, 9.17) is 23.2 Å². The number of nitrogens with one attached hydrogen (secondary N) is 1. The Morgan fingerprint density at radius 3 is 2.65 bits per heavy atom. The maximum atomic E-state index is 12.6. The zero-order valence-electron chi connectivity index (χ0n) is 11.3. The predicted octanol–water partition coefficient (Wildman–Crippen LogP) is 2.87. The Kier molecular flexibility index (Phi) is 4.55. The van der Waals surface area contributed by atoms with Gasteiger partial charge in [-0.15, -0.1) is 0 Å². The highest BCUT2D eigenvalue weighted by atomic mass is 35.5. The van der Waals surface area contributed by atoms with Crippen LogP contribution in [0.3, 0.4) is 0 Å².